The van der Waals surface area contributed by atoms with Crippen LogP contribution in [-0.4, -0.2) is 60.3 Å². The van der Waals surface area contributed by atoms with Crippen LogP contribution in [0.2, 0.25) is 0 Å². The average Bonchev–Trinajstić information content (AvgIpc) is 3.35. The molecular formula is C29H32N6O6. The van der Waals surface area contributed by atoms with Crippen molar-refractivity contribution in [1.82, 2.24) is 15.3 Å². The molecule has 1 aromatic heterocycles. The molecule has 0 aliphatic carbocycles. The van der Waals surface area contributed by atoms with Gasteiger partial charge < -0.3 is 42.2 Å². The van der Waals surface area contributed by atoms with Crippen molar-refractivity contribution in [3.05, 3.63) is 65.2 Å². The van der Waals surface area contributed by atoms with Crippen LogP contribution in [-0.2, 0) is 21.5 Å². The number of H-pyrrole nitrogens is 1. The predicted molar refractivity (Wildman–Crippen MR) is 153 cm³/mol. The molecule has 2 atom stereocenters. The number of rotatable bonds is 9. The number of phenolic OH excluding ortho intramolecular Hbond substituents is 2. The fraction of sp³-hybridized carbons (Fsp3) is 0.241. The normalized spacial score (nSPS) is 13.1. The number of hydrogen-bond acceptors (Lipinski definition) is 8. The zero-order valence-electron chi connectivity index (χ0n) is 22.7. The van der Waals surface area contributed by atoms with Crippen molar-refractivity contribution in [2.24, 2.45) is 11.5 Å². The van der Waals surface area contributed by atoms with Gasteiger partial charge in [0.05, 0.1) is 28.1 Å². The van der Waals surface area contributed by atoms with Gasteiger partial charge in [0.2, 0.25) is 5.91 Å². The first-order chi connectivity index (χ1) is 19.2. The molecule has 2 amide bonds. The number of benzene rings is 3. The Morgan fingerprint density at radius 2 is 1.71 bits per heavy atom. The van der Waals surface area contributed by atoms with Gasteiger partial charge in [-0.05, 0) is 74.4 Å². The van der Waals surface area contributed by atoms with Crippen LogP contribution in [0.25, 0.3) is 33.5 Å². The molecule has 11 N–H and O–H groups in total. The van der Waals surface area contributed by atoms with Crippen molar-refractivity contribution in [2.45, 2.75) is 44.9 Å². The number of imidazole rings is 1. The van der Waals surface area contributed by atoms with Crippen molar-refractivity contribution in [3.8, 4) is 34.0 Å². The van der Waals surface area contributed by atoms with Gasteiger partial charge >= 0.3 is 0 Å². The zero-order valence-corrected chi connectivity index (χ0v) is 22.7. The molecule has 4 rings (SSSR count). The maximum atomic E-state index is 12.4. The Hall–Kier alpha value is -4.94. The van der Waals surface area contributed by atoms with Crippen LogP contribution < -0.4 is 16.8 Å². The number of aliphatic hydroxyl groups excluding tert-OH is 2. The van der Waals surface area contributed by atoms with Crippen LogP contribution in [0, 0.1) is 5.41 Å². The lowest BCUT2D eigenvalue weighted by molar-refractivity contribution is -0.134. The number of nitrogens with one attached hydrogen (secondary N) is 3. The number of aromatic amines is 1. The van der Waals surface area contributed by atoms with E-state index in [9.17, 15) is 30.0 Å². The van der Waals surface area contributed by atoms with Crippen molar-refractivity contribution in [2.75, 3.05) is 0 Å². The molecule has 0 fully saturated rings. The molecule has 1 heterocycles. The van der Waals surface area contributed by atoms with E-state index in [0.29, 0.717) is 27.7 Å². The summed E-state index contributed by atoms with van der Waals surface area (Å²) in [6, 6.07) is 12.6. The summed E-state index contributed by atoms with van der Waals surface area (Å²) in [5, 5.41) is 51.7. The van der Waals surface area contributed by atoms with Crippen LogP contribution in [0.1, 0.15) is 37.5 Å². The Morgan fingerprint density at radius 1 is 1.02 bits per heavy atom. The summed E-state index contributed by atoms with van der Waals surface area (Å²) < 4.78 is 0. The molecule has 12 nitrogen and oxygen atoms in total. The first-order valence-corrected chi connectivity index (χ1v) is 12.7. The summed E-state index contributed by atoms with van der Waals surface area (Å²) >= 11 is 0. The Labute approximate surface area is 235 Å². The molecule has 0 unspecified atom stereocenters. The molecule has 41 heavy (non-hydrogen) atoms. The molecule has 3 aromatic carbocycles. The van der Waals surface area contributed by atoms with Gasteiger partial charge in [-0.1, -0.05) is 6.07 Å². The monoisotopic (exact) mass is 560 g/mol. The Morgan fingerprint density at radius 3 is 2.34 bits per heavy atom. The topological polar surface area (TPSA) is 232 Å². The number of phenols is 2. The molecule has 0 bridgehead atoms. The van der Waals surface area contributed by atoms with E-state index in [1.807, 2.05) is 0 Å². The third-order valence-corrected chi connectivity index (χ3v) is 7.04. The molecule has 0 radical (unpaired) electrons. The molecule has 0 spiro atoms. The van der Waals surface area contributed by atoms with Crippen LogP contribution in [0.5, 0.6) is 11.5 Å². The molecule has 0 saturated carbocycles. The number of carbonyl (C=O) groups excluding carboxylic acids is 2. The highest BCUT2D eigenvalue weighted by Crippen LogP contribution is 2.44. The number of amidine groups is 1. The Balaban J connectivity index is 1.86. The first-order valence-electron chi connectivity index (χ1n) is 12.7. The summed E-state index contributed by atoms with van der Waals surface area (Å²) in [4.78, 5) is 32.2. The lowest BCUT2D eigenvalue weighted by atomic mass is 9.81. The van der Waals surface area contributed by atoms with Gasteiger partial charge in [0.1, 0.15) is 23.2 Å². The minimum absolute atomic E-state index is 0.0436. The SMILES string of the molecule is C[C@@H](O)[C@H](O)C(=O)NCc1ccc(O)c(-c2cc(C(C)(C)C(N)=O)cc(-c3nc4cc(C(=N)N)ccc4[nH]3)c2O)c1. The van der Waals surface area contributed by atoms with Gasteiger partial charge in [0.15, 0.2) is 6.10 Å². The largest absolute Gasteiger partial charge is 0.507 e. The number of nitrogens with zero attached hydrogens (tertiary/aromatic N) is 1. The molecular weight excluding hydrogens is 528 g/mol. The van der Waals surface area contributed by atoms with Crippen LogP contribution >= 0.6 is 0 Å². The van der Waals surface area contributed by atoms with Gasteiger partial charge in [0.25, 0.3) is 5.91 Å². The predicted octanol–water partition coefficient (Wildman–Crippen LogP) is 1.71. The Bertz CT molecular complexity index is 1680. The molecule has 0 saturated heterocycles. The second-order valence-electron chi connectivity index (χ2n) is 10.4. The number of nitrogens with two attached hydrogens (primary N) is 2. The molecule has 12 heteroatoms. The summed E-state index contributed by atoms with van der Waals surface area (Å²) in [5.41, 5.74) is 13.3. The number of aromatic hydroxyl groups is 2. The van der Waals surface area contributed by atoms with E-state index >= 15 is 0 Å². The third kappa shape index (κ3) is 5.69. The van der Waals surface area contributed by atoms with E-state index < -0.39 is 29.4 Å². The van der Waals surface area contributed by atoms with E-state index in [4.69, 9.17) is 16.9 Å². The number of aromatic nitrogens is 2. The number of primary amides is 1. The lowest BCUT2D eigenvalue weighted by Gasteiger charge is -2.24. The second-order valence-corrected chi connectivity index (χ2v) is 10.4. The number of fused-ring (bicyclic) bond motifs is 1. The highest BCUT2D eigenvalue weighted by Gasteiger charge is 2.31. The summed E-state index contributed by atoms with van der Waals surface area (Å²) in [6.07, 6.45) is -2.87. The average molecular weight is 561 g/mol. The number of aliphatic hydroxyl groups is 2. The third-order valence-electron chi connectivity index (χ3n) is 7.04. The van der Waals surface area contributed by atoms with Crippen LogP contribution in [0.15, 0.2) is 48.5 Å². The highest BCUT2D eigenvalue weighted by molar-refractivity contribution is 5.98. The van der Waals surface area contributed by atoms with E-state index in [-0.39, 0.29) is 46.4 Å². The number of carbonyl (C=O) groups is 2. The minimum Gasteiger partial charge on any atom is -0.507 e. The highest BCUT2D eigenvalue weighted by atomic mass is 16.3. The fourth-order valence-electron chi connectivity index (χ4n) is 4.25. The van der Waals surface area contributed by atoms with Gasteiger partial charge in [-0.3, -0.25) is 15.0 Å². The first kappa shape index (κ1) is 29.1. The molecule has 0 aliphatic heterocycles. The second kappa shape index (κ2) is 10.9. The summed E-state index contributed by atoms with van der Waals surface area (Å²) in [6.45, 7) is 4.50. The smallest absolute Gasteiger partial charge is 0.251 e. The number of nitrogen functional groups attached to an aromatic ring is 1. The van der Waals surface area contributed by atoms with Crippen molar-refractivity contribution < 1.29 is 30.0 Å². The molecule has 214 valence electrons. The Kier molecular flexibility index (Phi) is 7.73. The molecule has 0 aliphatic rings. The van der Waals surface area contributed by atoms with E-state index in [0.717, 1.165) is 0 Å². The van der Waals surface area contributed by atoms with Gasteiger partial charge in [-0.2, -0.15) is 0 Å². The van der Waals surface area contributed by atoms with E-state index in [1.54, 1.807) is 56.3 Å². The minimum atomic E-state index is -1.61. The van der Waals surface area contributed by atoms with E-state index in [1.165, 1.54) is 13.0 Å². The van der Waals surface area contributed by atoms with Gasteiger partial charge in [0, 0.05) is 23.2 Å². The number of hydrogen-bond donors (Lipinski definition) is 9. The fourth-order valence-corrected chi connectivity index (χ4v) is 4.25. The van der Waals surface area contributed by atoms with Gasteiger partial charge in [-0.25, -0.2) is 4.98 Å². The number of amides is 2. The quantitative estimate of drug-likeness (QED) is 0.108. The van der Waals surface area contributed by atoms with Crippen LogP contribution in [0.3, 0.4) is 0 Å². The van der Waals surface area contributed by atoms with Crippen LogP contribution in [0.4, 0.5) is 0 Å². The maximum Gasteiger partial charge on any atom is 0.251 e. The van der Waals surface area contributed by atoms with Crippen molar-refractivity contribution >= 4 is 28.7 Å². The van der Waals surface area contributed by atoms with Crippen molar-refractivity contribution in [3.63, 3.8) is 0 Å². The summed E-state index contributed by atoms with van der Waals surface area (Å²) in [5.74, 6) is -1.69. The van der Waals surface area contributed by atoms with E-state index in [2.05, 4.69) is 15.3 Å². The maximum absolute atomic E-state index is 12.4. The zero-order chi connectivity index (χ0) is 30.2. The standard InChI is InChI=1S/C29H32N6O6/c1-13(36)23(38)27(40)33-12-14-4-7-22(37)17(8-14)18-10-16(29(2,3)28(32)41)11-19(24(18)39)26-34-20-6-5-15(25(30)31)9-21(20)35-26/h4-11,13,23,36-39H,12H2,1-3H3,(H3,30,31)(H2,32,41)(H,33,40)(H,34,35)/t13-,23+/m1/s1. The van der Waals surface area contributed by atoms with Gasteiger partial charge in [-0.15, -0.1) is 0 Å². The lowest BCUT2D eigenvalue weighted by Crippen LogP contribution is -2.40. The summed E-state index contributed by atoms with van der Waals surface area (Å²) in [7, 11) is 0. The van der Waals surface area contributed by atoms with Crippen molar-refractivity contribution in [1.29, 1.82) is 5.41 Å². The molecule has 4 aromatic rings.